The van der Waals surface area contributed by atoms with Crippen LogP contribution in [0.5, 0.6) is 5.75 Å². The van der Waals surface area contributed by atoms with Gasteiger partial charge >= 0.3 is 0 Å². The second kappa shape index (κ2) is 12.7. The number of nitrogens with one attached hydrogen (secondary N) is 3. The van der Waals surface area contributed by atoms with Crippen LogP contribution in [-0.4, -0.2) is 58.7 Å². The predicted octanol–water partition coefficient (Wildman–Crippen LogP) is 2.59. The second-order valence-electron chi connectivity index (χ2n) is 9.50. The van der Waals surface area contributed by atoms with Gasteiger partial charge in [-0.15, -0.1) is 0 Å². The number of carbonyl (C=O) groups excluding carboxylic acids is 1. The van der Waals surface area contributed by atoms with Crippen LogP contribution in [0.3, 0.4) is 0 Å². The highest BCUT2D eigenvalue weighted by molar-refractivity contribution is 5.87. The van der Waals surface area contributed by atoms with Crippen molar-refractivity contribution in [2.24, 2.45) is 0 Å². The summed E-state index contributed by atoms with van der Waals surface area (Å²) in [5, 5.41) is 27.6. The summed E-state index contributed by atoms with van der Waals surface area (Å²) in [7, 11) is 0. The Morgan fingerprint density at radius 3 is 2.69 bits per heavy atom. The van der Waals surface area contributed by atoms with Crippen LogP contribution in [0.25, 0.3) is 10.9 Å². The average molecular weight is 493 g/mol. The first-order valence-electron chi connectivity index (χ1n) is 12.8. The van der Waals surface area contributed by atoms with Gasteiger partial charge in [-0.05, 0) is 67.7 Å². The number of piperidine rings is 1. The van der Waals surface area contributed by atoms with Crippen LogP contribution in [0, 0.1) is 0 Å². The quantitative estimate of drug-likeness (QED) is 0.263. The van der Waals surface area contributed by atoms with E-state index in [1.807, 2.05) is 12.1 Å². The molecule has 5 N–H and O–H groups in total. The standard InChI is InChI=1S/C28H36N4O4/c33-24-9-7-22(23-8-10-27(36)31-28(23)24)25(34)19-29-13-11-20-5-4-6-21(17-20)18-30-26(35)12-16-32-14-2-1-3-15-32/h4-10,17,25,29,33-34H,1-3,11-16,18-19H2,(H,30,35)(H,31,36)/t25-/m0/s1. The van der Waals surface area contributed by atoms with Gasteiger partial charge in [0.25, 0.3) is 0 Å². The number of benzene rings is 2. The fourth-order valence-corrected chi connectivity index (χ4v) is 4.76. The van der Waals surface area contributed by atoms with Crippen LogP contribution < -0.4 is 16.2 Å². The number of aromatic hydroxyl groups is 1. The van der Waals surface area contributed by atoms with Crippen molar-refractivity contribution in [3.63, 3.8) is 0 Å². The Labute approximate surface area is 211 Å². The highest BCUT2D eigenvalue weighted by Gasteiger charge is 2.14. The smallest absolute Gasteiger partial charge is 0.248 e. The molecule has 1 aliphatic rings. The minimum Gasteiger partial charge on any atom is -0.506 e. The fourth-order valence-electron chi connectivity index (χ4n) is 4.76. The van der Waals surface area contributed by atoms with Crippen LogP contribution in [0.1, 0.15) is 48.5 Å². The molecule has 1 fully saturated rings. The van der Waals surface area contributed by atoms with E-state index < -0.39 is 6.10 Å². The predicted molar refractivity (Wildman–Crippen MR) is 141 cm³/mol. The third-order valence-electron chi connectivity index (χ3n) is 6.78. The van der Waals surface area contributed by atoms with Gasteiger partial charge in [0.05, 0.1) is 11.6 Å². The van der Waals surface area contributed by atoms with Crippen LogP contribution in [0.4, 0.5) is 0 Å². The molecule has 1 aliphatic heterocycles. The zero-order chi connectivity index (χ0) is 25.3. The van der Waals surface area contributed by atoms with Crippen molar-refractivity contribution in [1.29, 1.82) is 0 Å². The molecule has 0 saturated carbocycles. The van der Waals surface area contributed by atoms with Crippen molar-refractivity contribution in [2.45, 2.75) is 44.8 Å². The first kappa shape index (κ1) is 25.9. The molecular formula is C28H36N4O4. The number of aromatic amines is 1. The fraction of sp³-hybridized carbons (Fsp3) is 0.429. The Hall–Kier alpha value is -3.20. The lowest BCUT2D eigenvalue weighted by atomic mass is 10.0. The number of pyridine rings is 1. The van der Waals surface area contributed by atoms with E-state index in [9.17, 15) is 19.8 Å². The minimum absolute atomic E-state index is 0.0234. The molecule has 1 saturated heterocycles. The molecule has 8 heteroatoms. The number of aromatic nitrogens is 1. The molecule has 0 unspecified atom stereocenters. The molecule has 0 bridgehead atoms. The van der Waals surface area contributed by atoms with Gasteiger partial charge in [0.1, 0.15) is 5.75 Å². The number of phenols is 1. The summed E-state index contributed by atoms with van der Waals surface area (Å²) in [6.45, 7) is 4.58. The van der Waals surface area contributed by atoms with Crippen molar-refractivity contribution >= 4 is 16.8 Å². The lowest BCUT2D eigenvalue weighted by molar-refractivity contribution is -0.121. The third-order valence-corrected chi connectivity index (χ3v) is 6.78. The van der Waals surface area contributed by atoms with Gasteiger partial charge in [-0.25, -0.2) is 0 Å². The van der Waals surface area contributed by atoms with E-state index in [2.05, 4.69) is 32.7 Å². The zero-order valence-corrected chi connectivity index (χ0v) is 20.6. The second-order valence-corrected chi connectivity index (χ2v) is 9.50. The van der Waals surface area contributed by atoms with E-state index in [0.29, 0.717) is 42.5 Å². The summed E-state index contributed by atoms with van der Waals surface area (Å²) in [6, 6.07) is 14.3. The Balaban J connectivity index is 1.21. The van der Waals surface area contributed by atoms with Gasteiger partial charge in [0.15, 0.2) is 0 Å². The highest BCUT2D eigenvalue weighted by atomic mass is 16.3. The number of nitrogens with zero attached hydrogens (tertiary/aromatic N) is 1. The monoisotopic (exact) mass is 492 g/mol. The number of likely N-dealkylation sites (tertiary alicyclic amines) is 1. The molecule has 1 amide bonds. The van der Waals surface area contributed by atoms with Crippen molar-refractivity contribution in [1.82, 2.24) is 20.5 Å². The first-order valence-corrected chi connectivity index (χ1v) is 12.8. The van der Waals surface area contributed by atoms with Crippen molar-refractivity contribution in [3.05, 3.63) is 75.6 Å². The maximum Gasteiger partial charge on any atom is 0.248 e. The average Bonchev–Trinajstić information content (AvgIpc) is 2.90. The van der Waals surface area contributed by atoms with E-state index >= 15 is 0 Å². The van der Waals surface area contributed by atoms with Gasteiger partial charge in [-0.1, -0.05) is 36.8 Å². The minimum atomic E-state index is -0.787. The zero-order valence-electron chi connectivity index (χ0n) is 20.6. The number of aliphatic hydroxyl groups excluding tert-OH is 1. The van der Waals surface area contributed by atoms with Crippen LogP contribution in [0.15, 0.2) is 53.3 Å². The molecule has 0 spiro atoms. The molecule has 1 aromatic heterocycles. The molecule has 1 atom stereocenters. The Morgan fingerprint density at radius 2 is 1.86 bits per heavy atom. The van der Waals surface area contributed by atoms with E-state index in [1.165, 1.54) is 31.4 Å². The number of carbonyl (C=O) groups is 1. The van der Waals surface area contributed by atoms with Gasteiger partial charge < -0.3 is 30.7 Å². The van der Waals surface area contributed by atoms with Gasteiger partial charge in [-0.3, -0.25) is 9.59 Å². The maximum absolute atomic E-state index is 12.2. The van der Waals surface area contributed by atoms with Crippen molar-refractivity contribution in [3.8, 4) is 5.75 Å². The summed E-state index contributed by atoms with van der Waals surface area (Å²) in [6.07, 6.45) is 4.31. The molecule has 4 rings (SSSR count). The van der Waals surface area contributed by atoms with E-state index in [-0.39, 0.29) is 17.2 Å². The van der Waals surface area contributed by atoms with Crippen LogP contribution >= 0.6 is 0 Å². The number of amides is 1. The number of phenolic OH excluding ortho intramolecular Hbond substituents is 1. The van der Waals surface area contributed by atoms with Gasteiger partial charge in [0.2, 0.25) is 11.5 Å². The summed E-state index contributed by atoms with van der Waals surface area (Å²) in [4.78, 5) is 28.8. The van der Waals surface area contributed by atoms with E-state index in [1.54, 1.807) is 12.1 Å². The van der Waals surface area contributed by atoms with Crippen molar-refractivity contribution < 1.29 is 15.0 Å². The first-order chi connectivity index (χ1) is 17.5. The Bertz CT molecular complexity index is 1220. The molecule has 0 radical (unpaired) electrons. The number of rotatable bonds is 11. The SMILES string of the molecule is O=C(CCN1CCCCC1)NCc1cccc(CCNC[C@H](O)c2ccc(O)c3[nH]c(=O)ccc23)c1. The largest absolute Gasteiger partial charge is 0.506 e. The summed E-state index contributed by atoms with van der Waals surface area (Å²) in [5.41, 5.74) is 2.90. The molecule has 8 nitrogen and oxygen atoms in total. The van der Waals surface area contributed by atoms with Crippen LogP contribution in [-0.2, 0) is 17.8 Å². The molecule has 36 heavy (non-hydrogen) atoms. The van der Waals surface area contributed by atoms with E-state index in [4.69, 9.17) is 0 Å². The Morgan fingerprint density at radius 1 is 1.06 bits per heavy atom. The Kier molecular flexibility index (Phi) is 9.11. The molecular weight excluding hydrogens is 456 g/mol. The number of H-pyrrole nitrogens is 1. The molecule has 2 aromatic carbocycles. The van der Waals surface area contributed by atoms with Gasteiger partial charge in [-0.2, -0.15) is 0 Å². The number of fused-ring (bicyclic) bond motifs is 1. The molecule has 192 valence electrons. The molecule has 2 heterocycles. The topological polar surface area (TPSA) is 118 Å². The lowest BCUT2D eigenvalue weighted by Gasteiger charge is -2.25. The van der Waals surface area contributed by atoms with E-state index in [0.717, 1.165) is 37.2 Å². The van der Waals surface area contributed by atoms with Crippen LogP contribution in [0.2, 0.25) is 0 Å². The highest BCUT2D eigenvalue weighted by Crippen LogP contribution is 2.28. The summed E-state index contributed by atoms with van der Waals surface area (Å²) < 4.78 is 0. The third kappa shape index (κ3) is 7.16. The molecule has 3 aromatic rings. The number of hydrogen-bond acceptors (Lipinski definition) is 6. The number of hydrogen-bond donors (Lipinski definition) is 5. The van der Waals surface area contributed by atoms with Crippen molar-refractivity contribution in [2.75, 3.05) is 32.7 Å². The lowest BCUT2D eigenvalue weighted by Crippen LogP contribution is -2.34. The number of aliphatic hydroxyl groups is 1. The normalized spacial score (nSPS) is 15.1. The molecule has 0 aliphatic carbocycles. The summed E-state index contributed by atoms with van der Waals surface area (Å²) >= 11 is 0. The maximum atomic E-state index is 12.2. The summed E-state index contributed by atoms with van der Waals surface area (Å²) in [5.74, 6) is 0.0668. The van der Waals surface area contributed by atoms with Gasteiger partial charge in [0, 0.05) is 37.5 Å².